The van der Waals surface area contributed by atoms with E-state index in [0.717, 1.165) is 25.0 Å². The van der Waals surface area contributed by atoms with E-state index in [1.165, 1.54) is 15.5 Å². The van der Waals surface area contributed by atoms with Gasteiger partial charge in [-0.25, -0.2) is 12.7 Å². The van der Waals surface area contributed by atoms with Crippen LogP contribution < -0.4 is 4.74 Å². The fourth-order valence-electron chi connectivity index (χ4n) is 4.45. The summed E-state index contributed by atoms with van der Waals surface area (Å²) in [5.41, 5.74) is 0. The topological polar surface area (TPSA) is 90.4 Å². The first-order chi connectivity index (χ1) is 14.2. The Hall–Kier alpha value is -1.68. The van der Waals surface area contributed by atoms with Gasteiger partial charge >= 0.3 is 0 Å². The Morgan fingerprint density at radius 1 is 1.13 bits per heavy atom. The normalized spacial score (nSPS) is 29.2. The molecule has 2 aliphatic rings. The van der Waals surface area contributed by atoms with Crippen molar-refractivity contribution >= 4 is 15.9 Å². The molecule has 3 rings (SSSR count). The number of sulfonamides is 1. The molecule has 1 aliphatic carbocycles. The number of para-hydroxylation sites is 1. The van der Waals surface area contributed by atoms with Crippen LogP contribution in [0.25, 0.3) is 0 Å². The van der Waals surface area contributed by atoms with Crippen molar-refractivity contribution in [3.05, 3.63) is 30.3 Å². The smallest absolute Gasteiger partial charge is 0.227 e. The predicted octanol–water partition coefficient (Wildman–Crippen LogP) is 0.629. The average Bonchev–Trinajstić information content (AvgIpc) is 2.93. The molecule has 168 valence electrons. The average molecular weight is 440 g/mol. The molecule has 30 heavy (non-hydrogen) atoms. The zero-order valence-corrected chi connectivity index (χ0v) is 18.8. The van der Waals surface area contributed by atoms with Gasteiger partial charge in [0.05, 0.1) is 12.2 Å². The number of hydrogen-bond donors (Lipinski definition) is 1. The summed E-state index contributed by atoms with van der Waals surface area (Å²) >= 11 is 0. The summed E-state index contributed by atoms with van der Waals surface area (Å²) in [4.78, 5) is 16.3. The molecule has 8 nitrogen and oxygen atoms in total. The molecule has 1 saturated heterocycles. The summed E-state index contributed by atoms with van der Waals surface area (Å²) in [6, 6.07) is 9.28. The molecule has 0 bridgehead atoms. The summed E-state index contributed by atoms with van der Waals surface area (Å²) < 4.78 is 31.8. The van der Waals surface area contributed by atoms with Gasteiger partial charge in [-0.05, 0) is 31.4 Å². The highest BCUT2D eigenvalue weighted by atomic mass is 32.2. The van der Waals surface area contributed by atoms with E-state index in [-0.39, 0.29) is 24.6 Å². The van der Waals surface area contributed by atoms with Crippen LogP contribution in [-0.2, 0) is 14.8 Å². The van der Waals surface area contributed by atoms with Gasteiger partial charge in [-0.2, -0.15) is 0 Å². The van der Waals surface area contributed by atoms with Gasteiger partial charge in [0.25, 0.3) is 0 Å². The van der Waals surface area contributed by atoms with Crippen LogP contribution in [0, 0.1) is 5.92 Å². The lowest BCUT2D eigenvalue weighted by atomic mass is 9.88. The molecule has 2 fully saturated rings. The third-order valence-electron chi connectivity index (χ3n) is 6.04. The molecule has 1 aromatic rings. The Morgan fingerprint density at radius 2 is 1.83 bits per heavy atom. The van der Waals surface area contributed by atoms with Crippen LogP contribution in [0.4, 0.5) is 0 Å². The highest BCUT2D eigenvalue weighted by molar-refractivity contribution is 7.88. The van der Waals surface area contributed by atoms with Crippen LogP contribution in [0.2, 0.25) is 0 Å². The van der Waals surface area contributed by atoms with Crippen LogP contribution in [0.1, 0.15) is 19.3 Å². The van der Waals surface area contributed by atoms with Gasteiger partial charge < -0.3 is 14.7 Å². The van der Waals surface area contributed by atoms with Crippen molar-refractivity contribution in [3.8, 4) is 5.75 Å². The van der Waals surface area contributed by atoms with Crippen molar-refractivity contribution in [2.75, 3.05) is 46.5 Å². The SMILES string of the molecule is CN(C)C(=O)[C@@H]1CN([C@H]2CCC[C@@H](Oc3ccccc3)[C@@H]2O)CCN(S(C)(=O)=O)C1. The van der Waals surface area contributed by atoms with Crippen LogP contribution >= 0.6 is 0 Å². The van der Waals surface area contributed by atoms with Crippen molar-refractivity contribution in [2.24, 2.45) is 5.92 Å². The van der Waals surface area contributed by atoms with E-state index in [1.807, 2.05) is 30.3 Å². The van der Waals surface area contributed by atoms with Crippen molar-refractivity contribution in [1.82, 2.24) is 14.1 Å². The first-order valence-electron chi connectivity index (χ1n) is 10.5. The third-order valence-corrected chi connectivity index (χ3v) is 7.31. The molecule has 4 atom stereocenters. The first-order valence-corrected chi connectivity index (χ1v) is 12.3. The quantitative estimate of drug-likeness (QED) is 0.724. The Bertz CT molecular complexity index is 817. The molecule has 0 unspecified atom stereocenters. The number of carbonyl (C=O) groups is 1. The number of aliphatic hydroxyl groups is 1. The molecular weight excluding hydrogens is 406 g/mol. The summed E-state index contributed by atoms with van der Waals surface area (Å²) in [7, 11) is -0.0476. The first kappa shape index (κ1) is 23.0. The van der Waals surface area contributed by atoms with E-state index < -0.39 is 22.0 Å². The monoisotopic (exact) mass is 439 g/mol. The van der Waals surface area contributed by atoms with Crippen LogP contribution in [0.3, 0.4) is 0 Å². The second-order valence-corrected chi connectivity index (χ2v) is 10.5. The molecule has 1 heterocycles. The fraction of sp³-hybridized carbons (Fsp3) is 0.667. The lowest BCUT2D eigenvalue weighted by Gasteiger charge is -2.41. The second kappa shape index (κ2) is 9.64. The van der Waals surface area contributed by atoms with Gasteiger partial charge in [0.2, 0.25) is 15.9 Å². The Morgan fingerprint density at radius 3 is 2.47 bits per heavy atom. The molecule has 1 aliphatic heterocycles. The lowest BCUT2D eigenvalue weighted by Crippen LogP contribution is -2.55. The number of ether oxygens (including phenoxy) is 1. The number of rotatable bonds is 5. The predicted molar refractivity (Wildman–Crippen MR) is 115 cm³/mol. The molecule has 1 aromatic carbocycles. The zero-order valence-electron chi connectivity index (χ0n) is 18.0. The van der Waals surface area contributed by atoms with E-state index in [0.29, 0.717) is 19.6 Å². The third kappa shape index (κ3) is 5.51. The maximum atomic E-state index is 12.7. The van der Waals surface area contributed by atoms with Crippen LogP contribution in [0.15, 0.2) is 30.3 Å². The van der Waals surface area contributed by atoms with Gasteiger partial charge in [-0.1, -0.05) is 18.2 Å². The van der Waals surface area contributed by atoms with Crippen molar-refractivity contribution in [1.29, 1.82) is 0 Å². The lowest BCUT2D eigenvalue weighted by molar-refractivity contribution is -0.134. The molecule has 0 aromatic heterocycles. The summed E-state index contributed by atoms with van der Waals surface area (Å²) in [6.45, 7) is 1.37. The highest BCUT2D eigenvalue weighted by Crippen LogP contribution is 2.29. The molecule has 0 radical (unpaired) electrons. The Labute approximate surface area is 179 Å². The standard InChI is InChI=1S/C21H33N3O5S/c1-22(2)21(26)16-14-23(12-13-24(15-16)30(3,27)28)18-10-7-11-19(20(18)25)29-17-8-5-4-6-9-17/h4-6,8-9,16,18-20,25H,7,10-15H2,1-3H3/t16-,18+,19-,20-/m1/s1. The highest BCUT2D eigenvalue weighted by Gasteiger charge is 2.41. The van der Waals surface area contributed by atoms with Crippen molar-refractivity contribution in [3.63, 3.8) is 0 Å². The minimum atomic E-state index is -3.41. The van der Waals surface area contributed by atoms with Gasteiger partial charge in [0.1, 0.15) is 18.0 Å². The second-order valence-electron chi connectivity index (χ2n) is 8.50. The molecular formula is C21H33N3O5S. The van der Waals surface area contributed by atoms with Gasteiger partial charge in [0.15, 0.2) is 0 Å². The van der Waals surface area contributed by atoms with Crippen molar-refractivity contribution in [2.45, 2.75) is 37.5 Å². The van der Waals surface area contributed by atoms with E-state index in [9.17, 15) is 18.3 Å². The van der Waals surface area contributed by atoms with E-state index in [2.05, 4.69) is 4.90 Å². The number of amides is 1. The largest absolute Gasteiger partial charge is 0.488 e. The van der Waals surface area contributed by atoms with Crippen LogP contribution in [-0.4, -0.2) is 98.3 Å². The Balaban J connectivity index is 1.77. The number of nitrogens with zero attached hydrogens (tertiary/aromatic N) is 3. The van der Waals surface area contributed by atoms with Gasteiger partial charge in [-0.3, -0.25) is 9.69 Å². The maximum Gasteiger partial charge on any atom is 0.227 e. The van der Waals surface area contributed by atoms with Crippen molar-refractivity contribution < 1.29 is 23.1 Å². The maximum absolute atomic E-state index is 12.7. The number of hydrogen-bond acceptors (Lipinski definition) is 6. The van der Waals surface area contributed by atoms with E-state index >= 15 is 0 Å². The molecule has 9 heteroatoms. The fourth-order valence-corrected chi connectivity index (χ4v) is 5.32. The number of aliphatic hydroxyl groups excluding tert-OH is 1. The minimum absolute atomic E-state index is 0.0991. The number of carbonyl (C=O) groups excluding carboxylic acids is 1. The molecule has 1 amide bonds. The molecule has 1 N–H and O–H groups in total. The summed E-state index contributed by atoms with van der Waals surface area (Å²) in [5, 5.41) is 11.1. The van der Waals surface area contributed by atoms with Crippen LogP contribution in [0.5, 0.6) is 5.75 Å². The summed E-state index contributed by atoms with van der Waals surface area (Å²) in [5.74, 6) is 0.153. The zero-order chi connectivity index (χ0) is 21.9. The minimum Gasteiger partial charge on any atom is -0.488 e. The Kier molecular flexibility index (Phi) is 7.38. The summed E-state index contributed by atoms with van der Waals surface area (Å²) in [6.07, 6.45) is 2.59. The van der Waals surface area contributed by atoms with E-state index in [1.54, 1.807) is 14.1 Å². The van der Waals surface area contributed by atoms with Gasteiger partial charge in [0, 0.05) is 46.3 Å². The van der Waals surface area contributed by atoms with E-state index in [4.69, 9.17) is 4.74 Å². The number of benzene rings is 1. The molecule has 0 spiro atoms. The van der Waals surface area contributed by atoms with Gasteiger partial charge in [-0.15, -0.1) is 0 Å². The molecule has 1 saturated carbocycles.